The van der Waals surface area contributed by atoms with Gasteiger partial charge in [0.2, 0.25) is 0 Å². The molecular formula is C16H13Br2N. The summed E-state index contributed by atoms with van der Waals surface area (Å²) in [6, 6.07) is 18.9. The summed E-state index contributed by atoms with van der Waals surface area (Å²) in [6.07, 6.45) is 4.32. The van der Waals surface area contributed by atoms with Crippen molar-refractivity contribution in [1.29, 1.82) is 0 Å². The number of rotatable bonds is 2. The second-order valence-electron chi connectivity index (χ2n) is 4.34. The van der Waals surface area contributed by atoms with Crippen molar-refractivity contribution in [2.45, 2.75) is 6.54 Å². The van der Waals surface area contributed by atoms with Crippen LogP contribution in [0.25, 0.3) is 10.8 Å². The Hall–Kier alpha value is -1.19. The maximum absolute atomic E-state index is 3.59. The number of benzene rings is 2. The van der Waals surface area contributed by atoms with Crippen molar-refractivity contribution < 1.29 is 21.5 Å². The molecule has 1 aromatic heterocycles. The van der Waals surface area contributed by atoms with Crippen LogP contribution in [0.15, 0.2) is 71.5 Å². The molecule has 0 spiro atoms. The quantitative estimate of drug-likeness (QED) is 0.584. The molecule has 0 radical (unpaired) electrons. The van der Waals surface area contributed by atoms with Crippen LogP contribution in [0.4, 0.5) is 0 Å². The Labute approximate surface area is 131 Å². The second-order valence-corrected chi connectivity index (χ2v) is 5.19. The highest BCUT2D eigenvalue weighted by Crippen LogP contribution is 2.16. The van der Waals surface area contributed by atoms with E-state index in [2.05, 4.69) is 81.4 Å². The Kier molecular flexibility index (Phi) is 4.72. The van der Waals surface area contributed by atoms with Crippen LogP contribution in [0, 0.1) is 0 Å². The van der Waals surface area contributed by atoms with Gasteiger partial charge in [-0.3, -0.25) is 0 Å². The molecule has 0 unspecified atom stereocenters. The van der Waals surface area contributed by atoms with Gasteiger partial charge < -0.3 is 17.0 Å². The van der Waals surface area contributed by atoms with E-state index in [0.717, 1.165) is 11.0 Å². The van der Waals surface area contributed by atoms with Gasteiger partial charge in [0.15, 0.2) is 18.9 Å². The Morgan fingerprint density at radius 1 is 0.842 bits per heavy atom. The molecule has 0 aliphatic heterocycles. The first-order valence-electron chi connectivity index (χ1n) is 5.94. The van der Waals surface area contributed by atoms with Gasteiger partial charge in [0.1, 0.15) is 0 Å². The van der Waals surface area contributed by atoms with E-state index in [1.165, 1.54) is 16.3 Å². The van der Waals surface area contributed by atoms with E-state index in [-0.39, 0.29) is 17.0 Å². The molecule has 0 amide bonds. The lowest BCUT2D eigenvalue weighted by Crippen LogP contribution is -3.00. The maximum Gasteiger partial charge on any atom is 0.176 e. The number of pyridine rings is 1. The Bertz CT molecular complexity index is 695. The molecular weight excluding hydrogens is 366 g/mol. The minimum Gasteiger partial charge on any atom is -1.00 e. The zero-order chi connectivity index (χ0) is 12.4. The molecule has 0 aliphatic rings. The summed E-state index contributed by atoms with van der Waals surface area (Å²) >= 11 is 3.59. The van der Waals surface area contributed by atoms with Gasteiger partial charge >= 0.3 is 0 Å². The lowest BCUT2D eigenvalue weighted by atomic mass is 10.1. The first-order valence-corrected chi connectivity index (χ1v) is 6.73. The summed E-state index contributed by atoms with van der Waals surface area (Å²) in [5, 5.41) is 2.55. The summed E-state index contributed by atoms with van der Waals surface area (Å²) < 4.78 is 3.37. The van der Waals surface area contributed by atoms with Gasteiger partial charge in [-0.2, -0.15) is 0 Å². The van der Waals surface area contributed by atoms with Crippen LogP contribution in [-0.2, 0) is 6.54 Å². The van der Waals surface area contributed by atoms with Gasteiger partial charge in [-0.05, 0) is 17.5 Å². The van der Waals surface area contributed by atoms with E-state index in [1.807, 2.05) is 6.07 Å². The highest BCUT2D eigenvalue weighted by atomic mass is 79.9. The monoisotopic (exact) mass is 377 g/mol. The van der Waals surface area contributed by atoms with Gasteiger partial charge in [-0.25, -0.2) is 4.57 Å². The van der Waals surface area contributed by atoms with E-state index in [1.54, 1.807) is 0 Å². The number of aromatic nitrogens is 1. The summed E-state index contributed by atoms with van der Waals surface area (Å²) in [6.45, 7) is 0.881. The highest BCUT2D eigenvalue weighted by Gasteiger charge is 2.06. The molecule has 1 nitrogen and oxygen atoms in total. The fourth-order valence-corrected chi connectivity index (χ4v) is 2.51. The highest BCUT2D eigenvalue weighted by molar-refractivity contribution is 9.10. The van der Waals surface area contributed by atoms with Gasteiger partial charge in [0.25, 0.3) is 0 Å². The molecule has 3 heteroatoms. The summed E-state index contributed by atoms with van der Waals surface area (Å²) in [5.74, 6) is 0. The molecule has 0 bridgehead atoms. The number of halogens is 2. The zero-order valence-corrected chi connectivity index (χ0v) is 13.4. The van der Waals surface area contributed by atoms with E-state index in [4.69, 9.17) is 0 Å². The third kappa shape index (κ3) is 3.23. The molecule has 3 aromatic rings. The number of fused-ring (bicyclic) bond motifs is 1. The first-order chi connectivity index (χ1) is 8.83. The van der Waals surface area contributed by atoms with Gasteiger partial charge in [-0.1, -0.05) is 52.3 Å². The average molecular weight is 379 g/mol. The molecule has 0 N–H and O–H groups in total. The van der Waals surface area contributed by atoms with Crippen molar-refractivity contribution in [3.05, 3.63) is 77.0 Å². The lowest BCUT2D eigenvalue weighted by Gasteiger charge is -2.01. The molecule has 2 aromatic carbocycles. The molecule has 0 saturated heterocycles. The predicted octanol–water partition coefficient (Wildman–Crippen LogP) is 0.942. The zero-order valence-electron chi connectivity index (χ0n) is 10.3. The van der Waals surface area contributed by atoms with Crippen LogP contribution >= 0.6 is 15.9 Å². The largest absolute Gasteiger partial charge is 1.00 e. The maximum atomic E-state index is 3.59. The van der Waals surface area contributed by atoms with Gasteiger partial charge in [0, 0.05) is 21.5 Å². The summed E-state index contributed by atoms with van der Waals surface area (Å²) in [5.41, 5.74) is 1.29. The summed E-state index contributed by atoms with van der Waals surface area (Å²) in [7, 11) is 0. The van der Waals surface area contributed by atoms with E-state index >= 15 is 0 Å². The fourth-order valence-electron chi connectivity index (χ4n) is 2.10. The third-order valence-corrected chi connectivity index (χ3v) is 3.83. The smallest absolute Gasteiger partial charge is 0.176 e. The average Bonchev–Trinajstić information content (AvgIpc) is 2.41. The summed E-state index contributed by atoms with van der Waals surface area (Å²) in [4.78, 5) is 0. The number of hydrogen-bond donors (Lipinski definition) is 0. The van der Waals surface area contributed by atoms with Crippen LogP contribution in [-0.4, -0.2) is 0 Å². The van der Waals surface area contributed by atoms with Crippen molar-refractivity contribution in [2.24, 2.45) is 0 Å². The fraction of sp³-hybridized carbons (Fsp3) is 0.0625. The van der Waals surface area contributed by atoms with Crippen LogP contribution in [0.1, 0.15) is 5.56 Å². The molecule has 0 fully saturated rings. The molecule has 1 heterocycles. The second kappa shape index (κ2) is 6.31. The lowest BCUT2D eigenvalue weighted by molar-refractivity contribution is -0.687. The minimum absolute atomic E-state index is 0. The molecule has 96 valence electrons. The standard InChI is InChI=1S/C16H13BrN.BrH/c17-16-8-4-3-7-15(16)12-18-10-9-13-5-1-2-6-14(13)11-18;/h1-11H,12H2;1H/q+1;/p-1. The van der Waals surface area contributed by atoms with Crippen LogP contribution in [0.5, 0.6) is 0 Å². The van der Waals surface area contributed by atoms with Crippen molar-refractivity contribution in [3.8, 4) is 0 Å². The molecule has 0 aliphatic carbocycles. The molecule has 3 rings (SSSR count). The molecule has 0 saturated carbocycles. The van der Waals surface area contributed by atoms with Crippen molar-refractivity contribution >= 4 is 26.7 Å². The van der Waals surface area contributed by atoms with Gasteiger partial charge in [0.05, 0.1) is 0 Å². The minimum atomic E-state index is 0. The van der Waals surface area contributed by atoms with Crippen molar-refractivity contribution in [3.63, 3.8) is 0 Å². The normalized spacial score (nSPS) is 10.2. The Morgan fingerprint density at radius 2 is 1.53 bits per heavy atom. The van der Waals surface area contributed by atoms with Crippen LogP contribution < -0.4 is 21.5 Å². The topological polar surface area (TPSA) is 3.88 Å². The number of hydrogen-bond acceptors (Lipinski definition) is 0. The Balaban J connectivity index is 0.00000133. The number of nitrogens with zero attached hydrogens (tertiary/aromatic N) is 1. The van der Waals surface area contributed by atoms with Crippen LogP contribution in [0.2, 0.25) is 0 Å². The molecule has 19 heavy (non-hydrogen) atoms. The molecule has 0 atom stereocenters. The first kappa shape index (κ1) is 14.2. The van der Waals surface area contributed by atoms with Crippen molar-refractivity contribution in [2.75, 3.05) is 0 Å². The third-order valence-electron chi connectivity index (χ3n) is 3.06. The SMILES string of the molecule is Brc1ccccc1C[n+]1ccc2ccccc2c1.[Br-]. The van der Waals surface area contributed by atoms with Gasteiger partial charge in [-0.15, -0.1) is 0 Å². The van der Waals surface area contributed by atoms with E-state index < -0.39 is 0 Å². The van der Waals surface area contributed by atoms with E-state index in [9.17, 15) is 0 Å². The van der Waals surface area contributed by atoms with Crippen molar-refractivity contribution in [1.82, 2.24) is 0 Å². The van der Waals surface area contributed by atoms with E-state index in [0.29, 0.717) is 0 Å². The predicted molar refractivity (Wildman–Crippen MR) is 77.4 cm³/mol. The van der Waals surface area contributed by atoms with Crippen LogP contribution in [0.3, 0.4) is 0 Å². The Morgan fingerprint density at radius 3 is 2.32 bits per heavy atom.